The number of benzene rings is 2. The third-order valence-electron chi connectivity index (χ3n) is 6.96. The van der Waals surface area contributed by atoms with E-state index in [1.807, 2.05) is 41.3 Å². The molecule has 1 aliphatic heterocycles. The second kappa shape index (κ2) is 19.1. The van der Waals surface area contributed by atoms with Crippen molar-refractivity contribution < 1.29 is 28.4 Å². The van der Waals surface area contributed by atoms with E-state index >= 15 is 0 Å². The van der Waals surface area contributed by atoms with Gasteiger partial charge in [-0.2, -0.15) is 0 Å². The van der Waals surface area contributed by atoms with Crippen LogP contribution in [-0.4, -0.2) is 60.5 Å². The van der Waals surface area contributed by atoms with Gasteiger partial charge in [-0.3, -0.25) is 18.9 Å². The predicted octanol–water partition coefficient (Wildman–Crippen LogP) is 6.27. The fraction of sp³-hybridized carbons (Fsp3) is 0.469. The molecule has 0 radical (unpaired) electrons. The van der Waals surface area contributed by atoms with E-state index in [1.165, 1.54) is 6.66 Å². The molecule has 3 amide bonds. The number of carbonyl (C=O) groups excluding carboxylic acids is 3. The van der Waals surface area contributed by atoms with Gasteiger partial charge in [-0.25, -0.2) is 0 Å². The second-order valence-corrected chi connectivity index (χ2v) is 15.2. The summed E-state index contributed by atoms with van der Waals surface area (Å²) in [4.78, 5) is 48.6. The number of anilines is 1. The Kier molecular flexibility index (Phi) is 15.6. The summed E-state index contributed by atoms with van der Waals surface area (Å²) in [5.74, 6) is 1.17. The highest BCUT2D eigenvalue weighted by Crippen LogP contribution is 2.36. The Balaban J connectivity index is 1.26. The van der Waals surface area contributed by atoms with Crippen LogP contribution in [0.3, 0.4) is 0 Å². The minimum atomic E-state index is -3.39. The summed E-state index contributed by atoms with van der Waals surface area (Å²) in [7, 11) is -0.256. The summed E-state index contributed by atoms with van der Waals surface area (Å²) in [6.45, 7) is 4.91. The van der Waals surface area contributed by atoms with Gasteiger partial charge in [0.15, 0.2) is 0 Å². The number of carbonyl (C=O) groups is 3. The molecule has 1 heterocycles. The van der Waals surface area contributed by atoms with Crippen LogP contribution in [0.5, 0.6) is 0 Å². The Bertz CT molecular complexity index is 1330. The number of hydrogen-bond acceptors (Lipinski definition) is 7. The fourth-order valence-corrected chi connectivity index (χ4v) is 7.18. The van der Waals surface area contributed by atoms with E-state index in [-0.39, 0.29) is 37.3 Å². The van der Waals surface area contributed by atoms with Crippen LogP contribution < -0.4 is 15.5 Å². The number of hydrogen-bond donors (Lipinski definition) is 3. The Morgan fingerprint density at radius 1 is 0.886 bits per heavy atom. The van der Waals surface area contributed by atoms with Gasteiger partial charge in [-0.05, 0) is 54.2 Å². The third-order valence-corrected chi connectivity index (χ3v) is 10.0. The molecule has 0 aliphatic carbocycles. The average molecular weight is 662 g/mol. The molecule has 1 atom stereocenters. The summed E-state index contributed by atoms with van der Waals surface area (Å²) >= 11 is 0. The van der Waals surface area contributed by atoms with Gasteiger partial charge < -0.3 is 25.0 Å². The van der Waals surface area contributed by atoms with Crippen molar-refractivity contribution in [2.24, 2.45) is 0 Å². The molecule has 0 bridgehead atoms. The van der Waals surface area contributed by atoms with Gasteiger partial charge in [0, 0.05) is 50.5 Å². The average Bonchev–Trinajstić information content (AvgIpc) is 2.98. The number of nitrogens with zero attached hydrogens (tertiary/aromatic N) is 1. The lowest BCUT2D eigenvalue weighted by Gasteiger charge is -2.28. The topological polar surface area (TPSA) is 125 Å². The van der Waals surface area contributed by atoms with E-state index in [0.717, 1.165) is 53.6 Å². The van der Waals surface area contributed by atoms with Crippen molar-refractivity contribution in [1.29, 1.82) is 0 Å². The molecule has 0 fully saturated rings. The first kappa shape index (κ1) is 35.9. The number of allylic oxidation sites excluding steroid dienone is 1. The van der Waals surface area contributed by atoms with Gasteiger partial charge in [0.05, 0.1) is 18.8 Å². The monoisotopic (exact) mass is 661 g/mol. The largest absolute Gasteiger partial charge is 0.356 e. The molecule has 2 aromatic carbocycles. The lowest BCUT2D eigenvalue weighted by molar-refractivity contribution is -0.122. The van der Waals surface area contributed by atoms with Crippen molar-refractivity contribution in [2.45, 2.75) is 58.4 Å². The van der Waals surface area contributed by atoms with Crippen LogP contribution in [0.25, 0.3) is 11.6 Å². The highest BCUT2D eigenvalue weighted by molar-refractivity contribution is 8.76. The van der Waals surface area contributed by atoms with E-state index in [0.29, 0.717) is 37.4 Å². The van der Waals surface area contributed by atoms with Gasteiger partial charge in [0.2, 0.25) is 17.7 Å². The lowest BCUT2D eigenvalue weighted by Crippen LogP contribution is -2.35. The standard InChI is InChI=1S/C32H44N3O6PS2/c1-25-23-26-11-6-8-14-29(26)35(24-27-12-5-7-13-28(25)27)32(38)15-19-34-31(37)17-22-44-43-21-16-30(36)33-18-9-3-4-10-20-41-42(2,39)40/h5-8,11-14,23H,3-4,9-10,15-22,24H2,1-2H3,(H,33,36)(H,34,37)(H,39,40)/b25-23-. The molecular formula is C32H44N3O6PS2. The number of fused-ring (bicyclic) bond motifs is 2. The van der Waals surface area contributed by atoms with Crippen LogP contribution >= 0.6 is 29.2 Å². The van der Waals surface area contributed by atoms with Gasteiger partial charge in [-0.15, -0.1) is 0 Å². The maximum atomic E-state index is 13.3. The molecular weight excluding hydrogens is 617 g/mol. The molecule has 3 rings (SSSR count). The highest BCUT2D eigenvalue weighted by Gasteiger charge is 2.22. The Morgan fingerprint density at radius 2 is 1.52 bits per heavy atom. The first-order chi connectivity index (χ1) is 21.1. The van der Waals surface area contributed by atoms with Crippen LogP contribution in [-0.2, 0) is 30.0 Å². The summed E-state index contributed by atoms with van der Waals surface area (Å²) in [5, 5.41) is 5.78. The number of rotatable bonds is 18. The smallest absolute Gasteiger partial charge is 0.325 e. The third kappa shape index (κ3) is 13.2. The molecule has 9 nitrogen and oxygen atoms in total. The zero-order valence-electron chi connectivity index (χ0n) is 25.6. The van der Waals surface area contributed by atoms with Gasteiger partial charge >= 0.3 is 7.60 Å². The molecule has 1 aliphatic rings. The second-order valence-electron chi connectivity index (χ2n) is 10.7. The summed E-state index contributed by atoms with van der Waals surface area (Å²) in [6, 6.07) is 16.0. The van der Waals surface area contributed by atoms with Crippen molar-refractivity contribution >= 4 is 64.2 Å². The molecule has 44 heavy (non-hydrogen) atoms. The molecule has 0 saturated carbocycles. The molecule has 12 heteroatoms. The van der Waals surface area contributed by atoms with Crippen LogP contribution in [0.2, 0.25) is 0 Å². The predicted molar refractivity (Wildman–Crippen MR) is 183 cm³/mol. The number of unbranched alkanes of at least 4 members (excludes halogenated alkanes) is 3. The quantitative estimate of drug-likeness (QED) is 0.0971. The van der Waals surface area contributed by atoms with Crippen molar-refractivity contribution in [3.63, 3.8) is 0 Å². The Morgan fingerprint density at radius 3 is 2.25 bits per heavy atom. The normalized spacial score (nSPS) is 15.1. The SMILES string of the molecule is C/C1=C/c2ccccc2N(C(=O)CCNC(=O)CCSSCCC(=O)NCCCCCCOP(C)(=O)O)Cc2ccccc21. The molecule has 0 spiro atoms. The maximum Gasteiger partial charge on any atom is 0.325 e. The van der Waals surface area contributed by atoms with Crippen molar-refractivity contribution in [3.05, 3.63) is 65.2 Å². The zero-order chi connectivity index (χ0) is 31.8. The molecule has 2 aromatic rings. The number of amides is 3. The Labute approximate surface area is 268 Å². The summed E-state index contributed by atoms with van der Waals surface area (Å²) < 4.78 is 15.9. The van der Waals surface area contributed by atoms with E-state index in [9.17, 15) is 18.9 Å². The molecule has 0 saturated heterocycles. The summed E-state index contributed by atoms with van der Waals surface area (Å²) in [6.07, 6.45) is 6.47. The highest BCUT2D eigenvalue weighted by atomic mass is 33.1. The van der Waals surface area contributed by atoms with Crippen LogP contribution in [0, 0.1) is 0 Å². The molecule has 3 N–H and O–H groups in total. The fourth-order valence-electron chi connectivity index (χ4n) is 4.74. The number of nitrogens with one attached hydrogen (secondary N) is 2. The Hall–Kier alpha value is -2.56. The van der Waals surface area contributed by atoms with E-state index in [1.54, 1.807) is 21.6 Å². The molecule has 1 unspecified atom stereocenters. The first-order valence-corrected chi connectivity index (χ1v) is 19.5. The van der Waals surface area contributed by atoms with Crippen molar-refractivity contribution in [2.75, 3.05) is 42.8 Å². The number of para-hydroxylation sites is 1. The van der Waals surface area contributed by atoms with Gasteiger partial charge in [-0.1, -0.05) is 76.9 Å². The van der Waals surface area contributed by atoms with Crippen molar-refractivity contribution in [3.8, 4) is 0 Å². The van der Waals surface area contributed by atoms with E-state index in [2.05, 4.69) is 35.8 Å². The van der Waals surface area contributed by atoms with Crippen molar-refractivity contribution in [1.82, 2.24) is 10.6 Å². The lowest BCUT2D eigenvalue weighted by atomic mass is 9.95. The van der Waals surface area contributed by atoms with Gasteiger partial charge in [0.25, 0.3) is 0 Å². The molecule has 0 aromatic heterocycles. The van der Waals surface area contributed by atoms with Crippen LogP contribution in [0.1, 0.15) is 68.6 Å². The van der Waals surface area contributed by atoms with Gasteiger partial charge in [0.1, 0.15) is 0 Å². The maximum absolute atomic E-state index is 13.3. The first-order valence-electron chi connectivity index (χ1n) is 15.0. The van der Waals surface area contributed by atoms with E-state index < -0.39 is 7.60 Å². The minimum absolute atomic E-state index is 0.00773. The summed E-state index contributed by atoms with van der Waals surface area (Å²) in [5.41, 5.74) is 5.26. The zero-order valence-corrected chi connectivity index (χ0v) is 28.1. The van der Waals surface area contributed by atoms with Crippen LogP contribution in [0.15, 0.2) is 48.5 Å². The van der Waals surface area contributed by atoms with E-state index in [4.69, 9.17) is 9.42 Å². The van der Waals surface area contributed by atoms with Crippen LogP contribution in [0.4, 0.5) is 5.69 Å². The molecule has 240 valence electrons. The minimum Gasteiger partial charge on any atom is -0.356 e.